The number of carbonyl (C=O) groups excluding carboxylic acids is 1. The highest BCUT2D eigenvalue weighted by Gasteiger charge is 2.25. The maximum Gasteiger partial charge on any atom is 0.265 e. The molecule has 2 aromatic heterocycles. The van der Waals surface area contributed by atoms with E-state index < -0.39 is 0 Å². The summed E-state index contributed by atoms with van der Waals surface area (Å²) in [6.07, 6.45) is 3.47. The minimum atomic E-state index is 0.0821. The predicted molar refractivity (Wildman–Crippen MR) is 77.0 cm³/mol. The van der Waals surface area contributed by atoms with Gasteiger partial charge in [0.1, 0.15) is 4.88 Å². The Balaban J connectivity index is 1.64. The standard InChI is InChI=1S/C13H15N5OS/c1-10-11(20-9-16-10)12(19)17-5-7-18(8-6-17)13-14-3-2-4-15-13/h2-4,9H,5-8H2,1H3. The highest BCUT2D eigenvalue weighted by atomic mass is 32.1. The molecule has 0 N–H and O–H groups in total. The second kappa shape index (κ2) is 5.54. The summed E-state index contributed by atoms with van der Waals surface area (Å²) in [5.74, 6) is 0.812. The van der Waals surface area contributed by atoms with Crippen LogP contribution in [0.3, 0.4) is 0 Å². The quantitative estimate of drug-likeness (QED) is 0.831. The van der Waals surface area contributed by atoms with Gasteiger partial charge in [0.2, 0.25) is 5.95 Å². The number of anilines is 1. The van der Waals surface area contributed by atoms with Gasteiger partial charge in [0.25, 0.3) is 5.91 Å². The average Bonchev–Trinajstić information content (AvgIpc) is 2.94. The van der Waals surface area contributed by atoms with Crippen molar-refractivity contribution in [2.75, 3.05) is 31.1 Å². The van der Waals surface area contributed by atoms with Crippen LogP contribution in [0.5, 0.6) is 0 Å². The van der Waals surface area contributed by atoms with Gasteiger partial charge < -0.3 is 9.80 Å². The van der Waals surface area contributed by atoms with E-state index in [1.165, 1.54) is 11.3 Å². The molecule has 0 saturated carbocycles. The molecule has 104 valence electrons. The highest BCUT2D eigenvalue weighted by molar-refractivity contribution is 7.11. The molecule has 0 aliphatic carbocycles. The molecule has 6 nitrogen and oxygen atoms in total. The summed E-state index contributed by atoms with van der Waals surface area (Å²) in [5, 5.41) is 0. The molecule has 1 saturated heterocycles. The lowest BCUT2D eigenvalue weighted by Crippen LogP contribution is -2.49. The van der Waals surface area contributed by atoms with E-state index in [0.717, 1.165) is 29.6 Å². The highest BCUT2D eigenvalue weighted by Crippen LogP contribution is 2.17. The first-order valence-corrected chi connectivity index (χ1v) is 7.35. The molecule has 20 heavy (non-hydrogen) atoms. The van der Waals surface area contributed by atoms with E-state index in [2.05, 4.69) is 19.9 Å². The van der Waals surface area contributed by atoms with Crippen molar-refractivity contribution in [1.82, 2.24) is 19.9 Å². The number of carbonyl (C=O) groups is 1. The van der Waals surface area contributed by atoms with Crippen LogP contribution in [0.4, 0.5) is 5.95 Å². The fourth-order valence-corrected chi connectivity index (χ4v) is 2.98. The number of amides is 1. The zero-order valence-electron chi connectivity index (χ0n) is 11.2. The van der Waals surface area contributed by atoms with Gasteiger partial charge in [-0.05, 0) is 13.0 Å². The zero-order chi connectivity index (χ0) is 13.9. The van der Waals surface area contributed by atoms with Gasteiger partial charge in [0, 0.05) is 38.6 Å². The molecule has 1 amide bonds. The van der Waals surface area contributed by atoms with Gasteiger partial charge in [-0.1, -0.05) is 0 Å². The number of aromatic nitrogens is 3. The molecule has 0 aromatic carbocycles. The Morgan fingerprint density at radius 2 is 1.85 bits per heavy atom. The van der Waals surface area contributed by atoms with Crippen LogP contribution in [0.15, 0.2) is 24.0 Å². The van der Waals surface area contributed by atoms with Gasteiger partial charge in [-0.15, -0.1) is 11.3 Å². The lowest BCUT2D eigenvalue weighted by Gasteiger charge is -2.34. The number of hydrogen-bond acceptors (Lipinski definition) is 6. The number of thiazole rings is 1. The van der Waals surface area contributed by atoms with Crippen LogP contribution in [0, 0.1) is 6.92 Å². The monoisotopic (exact) mass is 289 g/mol. The summed E-state index contributed by atoms with van der Waals surface area (Å²) in [6, 6.07) is 1.80. The van der Waals surface area contributed by atoms with Crippen LogP contribution in [-0.4, -0.2) is 51.9 Å². The van der Waals surface area contributed by atoms with Crippen molar-refractivity contribution in [3.63, 3.8) is 0 Å². The van der Waals surface area contributed by atoms with Crippen molar-refractivity contribution in [1.29, 1.82) is 0 Å². The number of piperazine rings is 1. The van der Waals surface area contributed by atoms with E-state index in [0.29, 0.717) is 13.1 Å². The Kier molecular flexibility index (Phi) is 3.60. The summed E-state index contributed by atoms with van der Waals surface area (Å²) in [5.41, 5.74) is 2.53. The molecular weight excluding hydrogens is 274 g/mol. The Hall–Kier alpha value is -2.02. The number of hydrogen-bond donors (Lipinski definition) is 0. The third-order valence-electron chi connectivity index (χ3n) is 3.34. The molecule has 3 rings (SSSR count). The Morgan fingerprint density at radius 3 is 2.45 bits per heavy atom. The Morgan fingerprint density at radius 1 is 1.15 bits per heavy atom. The van der Waals surface area contributed by atoms with Crippen molar-refractivity contribution in [2.45, 2.75) is 6.92 Å². The van der Waals surface area contributed by atoms with Crippen LogP contribution in [-0.2, 0) is 0 Å². The third-order valence-corrected chi connectivity index (χ3v) is 4.26. The Labute approximate surface area is 121 Å². The summed E-state index contributed by atoms with van der Waals surface area (Å²) < 4.78 is 0. The summed E-state index contributed by atoms with van der Waals surface area (Å²) in [6.45, 7) is 4.77. The first kappa shape index (κ1) is 13.0. The van der Waals surface area contributed by atoms with Gasteiger partial charge >= 0.3 is 0 Å². The van der Waals surface area contributed by atoms with Crippen molar-refractivity contribution in [2.24, 2.45) is 0 Å². The zero-order valence-corrected chi connectivity index (χ0v) is 12.0. The second-order valence-electron chi connectivity index (χ2n) is 4.59. The summed E-state index contributed by atoms with van der Waals surface area (Å²) in [7, 11) is 0. The third kappa shape index (κ3) is 2.49. The SMILES string of the molecule is Cc1ncsc1C(=O)N1CCN(c2ncccn2)CC1. The molecule has 7 heteroatoms. The molecule has 0 unspecified atom stereocenters. The molecule has 1 fully saturated rings. The largest absolute Gasteiger partial charge is 0.337 e. The molecule has 0 bridgehead atoms. The molecule has 0 atom stereocenters. The molecule has 1 aliphatic heterocycles. The van der Waals surface area contributed by atoms with Gasteiger partial charge in [-0.3, -0.25) is 4.79 Å². The number of nitrogens with zero attached hydrogens (tertiary/aromatic N) is 5. The molecule has 1 aliphatic rings. The van der Waals surface area contributed by atoms with Crippen LogP contribution in [0.2, 0.25) is 0 Å². The second-order valence-corrected chi connectivity index (χ2v) is 5.45. The first-order valence-electron chi connectivity index (χ1n) is 6.47. The van der Waals surface area contributed by atoms with Crippen LogP contribution in [0.1, 0.15) is 15.4 Å². The predicted octanol–water partition coefficient (Wildman–Crippen LogP) is 1.20. The maximum absolute atomic E-state index is 12.4. The average molecular weight is 289 g/mol. The fourth-order valence-electron chi connectivity index (χ4n) is 2.21. The molecule has 3 heterocycles. The number of rotatable bonds is 2. The van der Waals surface area contributed by atoms with Gasteiger partial charge in [-0.25, -0.2) is 15.0 Å². The van der Waals surface area contributed by atoms with Gasteiger partial charge in [0.05, 0.1) is 11.2 Å². The van der Waals surface area contributed by atoms with Crippen molar-refractivity contribution < 1.29 is 4.79 Å². The van der Waals surface area contributed by atoms with E-state index in [9.17, 15) is 4.79 Å². The van der Waals surface area contributed by atoms with Crippen LogP contribution in [0.25, 0.3) is 0 Å². The van der Waals surface area contributed by atoms with Crippen molar-refractivity contribution >= 4 is 23.2 Å². The summed E-state index contributed by atoms with van der Waals surface area (Å²) >= 11 is 1.41. The fraction of sp³-hybridized carbons (Fsp3) is 0.385. The van der Waals surface area contributed by atoms with E-state index in [-0.39, 0.29) is 5.91 Å². The Bertz CT molecular complexity index is 592. The smallest absolute Gasteiger partial charge is 0.265 e. The van der Waals surface area contributed by atoms with E-state index >= 15 is 0 Å². The van der Waals surface area contributed by atoms with Gasteiger partial charge in [-0.2, -0.15) is 0 Å². The van der Waals surface area contributed by atoms with Crippen LogP contribution < -0.4 is 4.90 Å². The van der Waals surface area contributed by atoms with Crippen LogP contribution >= 0.6 is 11.3 Å². The van der Waals surface area contributed by atoms with E-state index in [4.69, 9.17) is 0 Å². The lowest BCUT2D eigenvalue weighted by molar-refractivity contribution is 0.0750. The minimum absolute atomic E-state index is 0.0821. The summed E-state index contributed by atoms with van der Waals surface area (Å²) in [4.78, 5) is 29.7. The molecule has 2 aromatic rings. The number of aryl methyl sites for hydroxylation is 1. The van der Waals surface area contributed by atoms with Crippen molar-refractivity contribution in [3.05, 3.63) is 34.5 Å². The molecule has 0 radical (unpaired) electrons. The van der Waals surface area contributed by atoms with Gasteiger partial charge in [0.15, 0.2) is 0 Å². The lowest BCUT2D eigenvalue weighted by atomic mass is 10.3. The topological polar surface area (TPSA) is 62.2 Å². The minimum Gasteiger partial charge on any atom is -0.337 e. The molecule has 0 spiro atoms. The van der Waals surface area contributed by atoms with E-state index in [1.807, 2.05) is 11.8 Å². The first-order chi connectivity index (χ1) is 9.75. The van der Waals surface area contributed by atoms with Crippen molar-refractivity contribution in [3.8, 4) is 0 Å². The normalized spacial score (nSPS) is 15.4. The van der Waals surface area contributed by atoms with E-state index in [1.54, 1.807) is 24.0 Å². The maximum atomic E-state index is 12.4. The molecular formula is C13H15N5OS.